The van der Waals surface area contributed by atoms with Gasteiger partial charge < -0.3 is 0 Å². The molecular weight excluding hydrogens is 334 g/mol. The van der Waals surface area contributed by atoms with Crippen LogP contribution in [0, 0.1) is 0 Å². The van der Waals surface area contributed by atoms with E-state index in [4.69, 9.17) is 4.98 Å². The van der Waals surface area contributed by atoms with Crippen LogP contribution in [0.1, 0.15) is 15.9 Å². The number of nitrogens with one attached hydrogen (secondary N) is 1. The van der Waals surface area contributed by atoms with Crippen LogP contribution in [0.4, 0.5) is 0 Å². The number of hydrogen-bond acceptors (Lipinski definition) is 3. The van der Waals surface area contributed by atoms with E-state index in [-0.39, 0.29) is 5.91 Å². The van der Waals surface area contributed by atoms with E-state index >= 15 is 0 Å². The molecule has 0 aliphatic carbocycles. The summed E-state index contributed by atoms with van der Waals surface area (Å²) in [7, 11) is 0. The highest BCUT2D eigenvalue weighted by Gasteiger charge is 2.13. The molecule has 0 fully saturated rings. The minimum Gasteiger partial charge on any atom is -0.267 e. The van der Waals surface area contributed by atoms with Crippen molar-refractivity contribution in [1.29, 1.82) is 0 Å². The maximum atomic E-state index is 12.8. The predicted molar refractivity (Wildman–Crippen MR) is 109 cm³/mol. The van der Waals surface area contributed by atoms with Gasteiger partial charge in [0.05, 0.1) is 23.0 Å². The number of rotatable bonds is 4. The van der Waals surface area contributed by atoms with Crippen LogP contribution in [0.5, 0.6) is 0 Å². The van der Waals surface area contributed by atoms with Crippen LogP contribution in [0.25, 0.3) is 22.2 Å². The first kappa shape index (κ1) is 16.7. The molecule has 4 rings (SSSR count). The molecule has 3 aromatic carbocycles. The summed E-state index contributed by atoms with van der Waals surface area (Å²) in [5, 5.41) is 4.88. The van der Waals surface area contributed by atoms with Crippen molar-refractivity contribution >= 4 is 23.0 Å². The average molecular weight is 351 g/mol. The van der Waals surface area contributed by atoms with Crippen molar-refractivity contribution in [3.8, 4) is 11.3 Å². The molecule has 130 valence electrons. The molecule has 1 amide bonds. The summed E-state index contributed by atoms with van der Waals surface area (Å²) in [6, 6.07) is 28.9. The van der Waals surface area contributed by atoms with Crippen LogP contribution in [0.3, 0.4) is 0 Å². The van der Waals surface area contributed by atoms with E-state index in [9.17, 15) is 4.79 Å². The summed E-state index contributed by atoms with van der Waals surface area (Å²) in [5.41, 5.74) is 6.58. The fraction of sp³-hybridized carbons (Fsp3) is 0. The van der Waals surface area contributed by atoms with Gasteiger partial charge in [0.1, 0.15) is 0 Å². The van der Waals surface area contributed by atoms with E-state index in [2.05, 4.69) is 10.5 Å². The molecule has 1 aromatic heterocycles. The van der Waals surface area contributed by atoms with E-state index < -0.39 is 0 Å². The van der Waals surface area contributed by atoms with Crippen molar-refractivity contribution in [3.63, 3.8) is 0 Å². The fourth-order valence-corrected chi connectivity index (χ4v) is 2.88. The summed E-state index contributed by atoms with van der Waals surface area (Å²) < 4.78 is 0. The lowest BCUT2D eigenvalue weighted by Crippen LogP contribution is -2.18. The summed E-state index contributed by atoms with van der Waals surface area (Å²) in [5.74, 6) is -0.266. The first-order valence-corrected chi connectivity index (χ1v) is 8.65. The van der Waals surface area contributed by atoms with Crippen molar-refractivity contribution < 1.29 is 4.79 Å². The van der Waals surface area contributed by atoms with Crippen molar-refractivity contribution in [3.05, 3.63) is 102 Å². The molecular formula is C23H17N3O. The predicted octanol–water partition coefficient (Wildman–Crippen LogP) is 4.67. The first-order chi connectivity index (χ1) is 13.3. The Morgan fingerprint density at radius 3 is 2.30 bits per heavy atom. The van der Waals surface area contributed by atoms with Crippen LogP contribution < -0.4 is 5.43 Å². The third-order valence-electron chi connectivity index (χ3n) is 4.21. The number of carbonyl (C=O) groups is 1. The molecule has 4 aromatic rings. The molecule has 4 nitrogen and oxygen atoms in total. The smallest absolute Gasteiger partial charge is 0.267 e. The second-order valence-electron chi connectivity index (χ2n) is 6.05. The molecule has 0 saturated heterocycles. The number of pyridine rings is 1. The van der Waals surface area contributed by atoms with Gasteiger partial charge in [-0.15, -0.1) is 0 Å². The number of nitrogens with zero attached hydrogens (tertiary/aromatic N) is 2. The number of fused-ring (bicyclic) bond motifs is 1. The fourth-order valence-electron chi connectivity index (χ4n) is 2.88. The van der Waals surface area contributed by atoms with Crippen molar-refractivity contribution in [2.75, 3.05) is 0 Å². The SMILES string of the molecule is O=C(N/N=C/c1ccccc1)c1cc(-c2ccccc2)nc2ccccc12. The Kier molecular flexibility index (Phi) is 4.70. The zero-order chi connectivity index (χ0) is 18.5. The van der Waals surface area contributed by atoms with Gasteiger partial charge >= 0.3 is 0 Å². The quantitative estimate of drug-likeness (QED) is 0.429. The Hall–Kier alpha value is -3.79. The van der Waals surface area contributed by atoms with Gasteiger partial charge in [0, 0.05) is 10.9 Å². The van der Waals surface area contributed by atoms with E-state index in [1.165, 1.54) is 0 Å². The molecule has 0 atom stereocenters. The minimum absolute atomic E-state index is 0.266. The molecule has 0 saturated carbocycles. The summed E-state index contributed by atoms with van der Waals surface area (Å²) in [4.78, 5) is 17.5. The Bertz CT molecular complexity index is 1110. The van der Waals surface area contributed by atoms with Gasteiger partial charge in [0.25, 0.3) is 5.91 Å². The molecule has 1 N–H and O–H groups in total. The van der Waals surface area contributed by atoms with Gasteiger partial charge in [-0.25, -0.2) is 10.4 Å². The maximum Gasteiger partial charge on any atom is 0.272 e. The van der Waals surface area contributed by atoms with Crippen LogP contribution >= 0.6 is 0 Å². The Labute approximate surface area is 157 Å². The second-order valence-corrected chi connectivity index (χ2v) is 6.05. The van der Waals surface area contributed by atoms with Crippen LogP contribution in [-0.4, -0.2) is 17.1 Å². The topological polar surface area (TPSA) is 54.4 Å². The molecule has 0 radical (unpaired) electrons. The van der Waals surface area contributed by atoms with Gasteiger partial charge in [-0.2, -0.15) is 5.10 Å². The highest BCUT2D eigenvalue weighted by Crippen LogP contribution is 2.24. The van der Waals surface area contributed by atoms with Crippen LogP contribution in [0.2, 0.25) is 0 Å². The van der Waals surface area contributed by atoms with E-state index in [0.29, 0.717) is 5.56 Å². The van der Waals surface area contributed by atoms with E-state index in [1.807, 2.05) is 91.0 Å². The van der Waals surface area contributed by atoms with Gasteiger partial charge in [-0.1, -0.05) is 78.9 Å². The van der Waals surface area contributed by atoms with E-state index in [1.54, 1.807) is 6.21 Å². The lowest BCUT2D eigenvalue weighted by atomic mass is 10.0. The normalized spacial score (nSPS) is 11.0. The average Bonchev–Trinajstić information content (AvgIpc) is 2.74. The van der Waals surface area contributed by atoms with Gasteiger partial charge in [-0.05, 0) is 17.7 Å². The third-order valence-corrected chi connectivity index (χ3v) is 4.21. The molecule has 4 heteroatoms. The lowest BCUT2D eigenvalue weighted by Gasteiger charge is -2.09. The molecule has 27 heavy (non-hydrogen) atoms. The zero-order valence-electron chi connectivity index (χ0n) is 14.5. The number of hydrazone groups is 1. The molecule has 1 heterocycles. The van der Waals surface area contributed by atoms with Gasteiger partial charge in [0.2, 0.25) is 0 Å². The second kappa shape index (κ2) is 7.62. The molecule has 0 bridgehead atoms. The molecule has 0 spiro atoms. The monoisotopic (exact) mass is 351 g/mol. The summed E-state index contributed by atoms with van der Waals surface area (Å²) >= 11 is 0. The van der Waals surface area contributed by atoms with Crippen LogP contribution in [-0.2, 0) is 0 Å². The Balaban J connectivity index is 1.69. The number of aromatic nitrogens is 1. The Morgan fingerprint density at radius 2 is 1.52 bits per heavy atom. The van der Waals surface area contributed by atoms with Crippen LogP contribution in [0.15, 0.2) is 96.1 Å². The number of benzene rings is 3. The van der Waals surface area contributed by atoms with Gasteiger partial charge in [0.15, 0.2) is 0 Å². The summed E-state index contributed by atoms with van der Waals surface area (Å²) in [6.45, 7) is 0. The van der Waals surface area contributed by atoms with Crippen molar-refractivity contribution in [2.24, 2.45) is 5.10 Å². The molecule has 0 aliphatic rings. The van der Waals surface area contributed by atoms with Gasteiger partial charge in [-0.3, -0.25) is 4.79 Å². The van der Waals surface area contributed by atoms with Crippen molar-refractivity contribution in [2.45, 2.75) is 0 Å². The number of amides is 1. The minimum atomic E-state index is -0.266. The highest BCUT2D eigenvalue weighted by atomic mass is 16.2. The Morgan fingerprint density at radius 1 is 0.852 bits per heavy atom. The number of para-hydroxylation sites is 1. The largest absolute Gasteiger partial charge is 0.272 e. The molecule has 0 unspecified atom stereocenters. The zero-order valence-corrected chi connectivity index (χ0v) is 14.5. The summed E-state index contributed by atoms with van der Waals surface area (Å²) in [6.07, 6.45) is 1.62. The van der Waals surface area contributed by atoms with Crippen molar-refractivity contribution in [1.82, 2.24) is 10.4 Å². The van der Waals surface area contributed by atoms with E-state index in [0.717, 1.165) is 27.7 Å². The highest BCUT2D eigenvalue weighted by molar-refractivity contribution is 6.07. The standard InChI is InChI=1S/C23H17N3O/c27-23(26-24-16-17-9-3-1-4-10-17)20-15-22(18-11-5-2-6-12-18)25-21-14-8-7-13-19(20)21/h1-16H,(H,26,27)/b24-16+. The maximum absolute atomic E-state index is 12.8. The number of hydrogen-bond donors (Lipinski definition) is 1. The first-order valence-electron chi connectivity index (χ1n) is 8.65. The third kappa shape index (κ3) is 3.75. The lowest BCUT2D eigenvalue weighted by molar-refractivity contribution is 0.0957. The molecule has 0 aliphatic heterocycles. The number of carbonyl (C=O) groups excluding carboxylic acids is 1.